The summed E-state index contributed by atoms with van der Waals surface area (Å²) in [5.74, 6) is -0.891. The predicted octanol–water partition coefficient (Wildman–Crippen LogP) is 3.94. The van der Waals surface area contributed by atoms with Crippen LogP contribution in [-0.4, -0.2) is 42.7 Å². The summed E-state index contributed by atoms with van der Waals surface area (Å²) >= 11 is 1.69. The van der Waals surface area contributed by atoms with E-state index in [-0.39, 0.29) is 0 Å². The number of fused-ring (bicyclic) bond motifs is 2. The van der Waals surface area contributed by atoms with E-state index in [0.29, 0.717) is 11.6 Å². The summed E-state index contributed by atoms with van der Waals surface area (Å²) in [6.45, 7) is 2.98. The van der Waals surface area contributed by atoms with Crippen molar-refractivity contribution >= 4 is 29.1 Å². The van der Waals surface area contributed by atoms with Gasteiger partial charge in [0.25, 0.3) is 0 Å². The Balaban J connectivity index is 2.09. The van der Waals surface area contributed by atoms with E-state index in [2.05, 4.69) is 43.0 Å². The number of aromatic carboxylic acids is 1. The van der Waals surface area contributed by atoms with E-state index in [1.807, 2.05) is 18.2 Å². The molecule has 0 saturated heterocycles. The largest absolute Gasteiger partial charge is 0.478 e. The van der Waals surface area contributed by atoms with Crippen molar-refractivity contribution in [3.05, 3.63) is 48.0 Å². The van der Waals surface area contributed by atoms with Gasteiger partial charge in [0.15, 0.2) is 0 Å². The molecule has 0 amide bonds. The highest BCUT2D eigenvalue weighted by atomic mass is 32.2. The molecule has 23 heavy (non-hydrogen) atoms. The van der Waals surface area contributed by atoms with Crippen LogP contribution in [0.3, 0.4) is 0 Å². The molecule has 4 nitrogen and oxygen atoms in total. The Morgan fingerprint density at radius 2 is 1.87 bits per heavy atom. The van der Waals surface area contributed by atoms with Crippen LogP contribution in [0.4, 0.5) is 11.4 Å². The number of nitrogens with zero attached hydrogens (tertiary/aromatic N) is 2. The van der Waals surface area contributed by atoms with Gasteiger partial charge in [-0.2, -0.15) is 0 Å². The molecule has 1 heterocycles. The Labute approximate surface area is 140 Å². The summed E-state index contributed by atoms with van der Waals surface area (Å²) in [4.78, 5) is 18.0. The molecule has 120 valence electrons. The van der Waals surface area contributed by atoms with Crippen molar-refractivity contribution in [3.63, 3.8) is 0 Å². The van der Waals surface area contributed by atoms with Crippen molar-refractivity contribution in [2.45, 2.75) is 22.8 Å². The van der Waals surface area contributed by atoms with Crippen LogP contribution in [-0.2, 0) is 0 Å². The molecule has 0 bridgehead atoms. The Morgan fingerprint density at radius 3 is 2.57 bits per heavy atom. The molecule has 1 aliphatic heterocycles. The average molecular weight is 328 g/mol. The maximum atomic E-state index is 11.3. The normalized spacial score (nSPS) is 14.3. The lowest BCUT2D eigenvalue weighted by molar-refractivity contribution is 0.0697. The smallest absolute Gasteiger partial charge is 0.335 e. The Bertz CT molecular complexity index is 746. The Morgan fingerprint density at radius 1 is 1.17 bits per heavy atom. The van der Waals surface area contributed by atoms with E-state index in [1.165, 1.54) is 4.90 Å². The van der Waals surface area contributed by atoms with Crippen molar-refractivity contribution in [2.75, 3.05) is 25.5 Å². The van der Waals surface area contributed by atoms with E-state index < -0.39 is 5.97 Å². The standard InChI is InChI=1S/C18H20N2O2S/c1-12(19(2)3)11-20-14-6-4-5-7-16(14)23-17-9-8-13(18(21)22)10-15(17)20/h4-10,12H,11H2,1-3H3,(H,21,22). The van der Waals surface area contributed by atoms with Gasteiger partial charge in [-0.15, -0.1) is 0 Å². The first-order valence-electron chi connectivity index (χ1n) is 7.55. The van der Waals surface area contributed by atoms with E-state index in [4.69, 9.17) is 0 Å². The number of hydrogen-bond donors (Lipinski definition) is 1. The van der Waals surface area contributed by atoms with E-state index >= 15 is 0 Å². The van der Waals surface area contributed by atoms with Crippen LogP contribution in [0.1, 0.15) is 17.3 Å². The molecule has 0 spiro atoms. The second kappa shape index (κ2) is 6.26. The van der Waals surface area contributed by atoms with Gasteiger partial charge in [0.05, 0.1) is 16.9 Å². The second-order valence-electron chi connectivity index (χ2n) is 5.98. The minimum absolute atomic E-state index is 0.325. The molecule has 0 aromatic heterocycles. The summed E-state index contributed by atoms with van der Waals surface area (Å²) in [6.07, 6.45) is 0. The van der Waals surface area contributed by atoms with E-state index in [9.17, 15) is 9.90 Å². The van der Waals surface area contributed by atoms with Crippen LogP contribution in [0.2, 0.25) is 0 Å². The zero-order chi connectivity index (χ0) is 16.6. The lowest BCUT2D eigenvalue weighted by Crippen LogP contribution is -2.37. The van der Waals surface area contributed by atoms with Gasteiger partial charge < -0.3 is 14.9 Å². The zero-order valence-electron chi connectivity index (χ0n) is 13.5. The van der Waals surface area contributed by atoms with Crippen LogP contribution >= 0.6 is 11.8 Å². The molecule has 0 radical (unpaired) electrons. The van der Waals surface area contributed by atoms with Crippen molar-refractivity contribution in [1.82, 2.24) is 4.90 Å². The molecule has 1 unspecified atom stereocenters. The second-order valence-corrected chi connectivity index (χ2v) is 7.06. The third-order valence-corrected chi connectivity index (χ3v) is 5.33. The fraction of sp³-hybridized carbons (Fsp3) is 0.278. The number of benzene rings is 2. The highest BCUT2D eigenvalue weighted by molar-refractivity contribution is 7.99. The topological polar surface area (TPSA) is 43.8 Å². The quantitative estimate of drug-likeness (QED) is 0.921. The summed E-state index contributed by atoms with van der Waals surface area (Å²) in [6, 6.07) is 14.0. The van der Waals surface area contributed by atoms with Crippen LogP contribution in [0.25, 0.3) is 0 Å². The fourth-order valence-corrected chi connectivity index (χ4v) is 3.66. The van der Waals surface area contributed by atoms with Crippen LogP contribution in [0.5, 0.6) is 0 Å². The van der Waals surface area contributed by atoms with Crippen LogP contribution in [0, 0.1) is 0 Å². The number of carboxylic acid groups (broad SMARTS) is 1. The van der Waals surface area contributed by atoms with E-state index in [1.54, 1.807) is 23.9 Å². The number of para-hydroxylation sites is 1. The van der Waals surface area contributed by atoms with Gasteiger partial charge in [0.2, 0.25) is 0 Å². The number of carboxylic acids is 1. The number of rotatable bonds is 4. The van der Waals surface area contributed by atoms with Gasteiger partial charge in [-0.25, -0.2) is 4.79 Å². The van der Waals surface area contributed by atoms with Gasteiger partial charge >= 0.3 is 5.97 Å². The molecule has 2 aromatic carbocycles. The first kappa shape index (κ1) is 15.9. The molecule has 0 aliphatic carbocycles. The monoisotopic (exact) mass is 328 g/mol. The molecule has 5 heteroatoms. The van der Waals surface area contributed by atoms with Crippen LogP contribution < -0.4 is 4.90 Å². The average Bonchev–Trinajstić information content (AvgIpc) is 2.53. The van der Waals surface area contributed by atoms with E-state index in [0.717, 1.165) is 22.8 Å². The molecule has 0 saturated carbocycles. The molecule has 1 N–H and O–H groups in total. The summed E-state index contributed by atoms with van der Waals surface area (Å²) in [7, 11) is 4.12. The van der Waals surface area contributed by atoms with Crippen LogP contribution in [0.15, 0.2) is 52.3 Å². The third-order valence-electron chi connectivity index (χ3n) is 4.20. The van der Waals surface area contributed by atoms with Gasteiger partial charge in [-0.1, -0.05) is 23.9 Å². The minimum atomic E-state index is -0.891. The van der Waals surface area contributed by atoms with Crippen molar-refractivity contribution in [2.24, 2.45) is 0 Å². The third kappa shape index (κ3) is 3.07. The van der Waals surface area contributed by atoms with Gasteiger partial charge in [0.1, 0.15) is 0 Å². The lowest BCUT2D eigenvalue weighted by atomic mass is 10.1. The number of hydrogen-bond acceptors (Lipinski definition) is 4. The van der Waals surface area contributed by atoms with Gasteiger partial charge in [-0.05, 0) is 51.4 Å². The molecule has 3 rings (SSSR count). The van der Waals surface area contributed by atoms with Gasteiger partial charge in [-0.3, -0.25) is 0 Å². The molecule has 1 atom stereocenters. The fourth-order valence-electron chi connectivity index (χ4n) is 2.59. The van der Waals surface area contributed by atoms with Crippen molar-refractivity contribution < 1.29 is 9.90 Å². The predicted molar refractivity (Wildman–Crippen MR) is 94.1 cm³/mol. The lowest BCUT2D eigenvalue weighted by Gasteiger charge is -2.36. The summed E-state index contributed by atoms with van der Waals surface area (Å²) in [5.41, 5.74) is 2.44. The number of likely N-dealkylation sites (N-methyl/N-ethyl adjacent to an activating group) is 1. The maximum absolute atomic E-state index is 11.3. The molecular formula is C18H20N2O2S. The molecule has 2 aromatic rings. The highest BCUT2D eigenvalue weighted by Gasteiger charge is 2.25. The Hall–Kier alpha value is -1.98. The first-order valence-corrected chi connectivity index (χ1v) is 8.37. The molecule has 1 aliphatic rings. The Kier molecular flexibility index (Phi) is 4.33. The number of anilines is 2. The van der Waals surface area contributed by atoms with Crippen molar-refractivity contribution in [1.29, 1.82) is 0 Å². The molecular weight excluding hydrogens is 308 g/mol. The SMILES string of the molecule is CC(CN1c2ccccc2Sc2ccc(C(=O)O)cc21)N(C)C. The highest BCUT2D eigenvalue weighted by Crippen LogP contribution is 2.48. The number of carbonyl (C=O) groups is 1. The van der Waals surface area contributed by atoms with Gasteiger partial charge in [0, 0.05) is 22.4 Å². The zero-order valence-corrected chi connectivity index (χ0v) is 14.3. The molecule has 0 fully saturated rings. The summed E-state index contributed by atoms with van der Waals surface area (Å²) < 4.78 is 0. The first-order chi connectivity index (χ1) is 11.0. The minimum Gasteiger partial charge on any atom is -0.478 e. The summed E-state index contributed by atoms with van der Waals surface area (Å²) in [5, 5.41) is 9.30. The van der Waals surface area contributed by atoms with Crippen molar-refractivity contribution in [3.8, 4) is 0 Å². The maximum Gasteiger partial charge on any atom is 0.335 e.